The molecule has 0 radical (unpaired) electrons. The van der Waals surface area contributed by atoms with Gasteiger partial charge in [0.2, 0.25) is 15.9 Å². The number of nitrogens with one attached hydrogen (secondary N) is 1. The fourth-order valence-electron chi connectivity index (χ4n) is 2.48. The molecule has 0 aliphatic carbocycles. The van der Waals surface area contributed by atoms with Crippen LogP contribution in [0.5, 0.6) is 0 Å². The molecule has 0 aliphatic rings. The first kappa shape index (κ1) is 18.3. The van der Waals surface area contributed by atoms with Crippen molar-refractivity contribution < 1.29 is 13.2 Å². The number of benzene rings is 1. The summed E-state index contributed by atoms with van der Waals surface area (Å²) >= 11 is 0. The van der Waals surface area contributed by atoms with E-state index in [0.717, 1.165) is 11.8 Å². The quantitative estimate of drug-likeness (QED) is 0.729. The van der Waals surface area contributed by atoms with E-state index in [-0.39, 0.29) is 30.4 Å². The zero-order valence-electron chi connectivity index (χ0n) is 13.6. The van der Waals surface area contributed by atoms with E-state index >= 15 is 0 Å². The number of fused-ring (bicyclic) bond motifs is 1. The number of nitrogens with zero attached hydrogens (tertiary/aromatic N) is 2. The molecule has 0 aliphatic heterocycles. The van der Waals surface area contributed by atoms with Crippen LogP contribution in [0.4, 0.5) is 0 Å². The summed E-state index contributed by atoms with van der Waals surface area (Å²) in [5.74, 6) is -0.188. The molecule has 0 saturated carbocycles. The predicted octanol–water partition coefficient (Wildman–Crippen LogP) is 0.710. The summed E-state index contributed by atoms with van der Waals surface area (Å²) in [7, 11) is -3.68. The summed E-state index contributed by atoms with van der Waals surface area (Å²) in [5, 5.41) is 1.37. The van der Waals surface area contributed by atoms with Crippen LogP contribution in [0.25, 0.3) is 10.8 Å². The molecule has 0 unspecified atom stereocenters. The van der Waals surface area contributed by atoms with Gasteiger partial charge in [-0.1, -0.05) is 19.1 Å². The highest BCUT2D eigenvalue weighted by molar-refractivity contribution is 7.89. The van der Waals surface area contributed by atoms with Gasteiger partial charge in [0, 0.05) is 42.8 Å². The van der Waals surface area contributed by atoms with Gasteiger partial charge in [-0.3, -0.25) is 9.78 Å². The molecule has 1 aromatic carbocycles. The van der Waals surface area contributed by atoms with Gasteiger partial charge in [-0.05, 0) is 18.6 Å². The summed E-state index contributed by atoms with van der Waals surface area (Å²) < 4.78 is 27.7. The lowest BCUT2D eigenvalue weighted by Crippen LogP contribution is -2.41. The van der Waals surface area contributed by atoms with Gasteiger partial charge in [-0.25, -0.2) is 13.1 Å². The Hall–Kier alpha value is -2.03. The first-order valence-corrected chi connectivity index (χ1v) is 9.28. The third-order valence-electron chi connectivity index (χ3n) is 3.62. The van der Waals surface area contributed by atoms with Gasteiger partial charge in [-0.2, -0.15) is 0 Å². The molecule has 24 heavy (non-hydrogen) atoms. The van der Waals surface area contributed by atoms with Crippen molar-refractivity contribution in [2.75, 3.05) is 26.2 Å². The number of hydrogen-bond acceptors (Lipinski definition) is 5. The Kier molecular flexibility index (Phi) is 6.24. The number of nitrogens with two attached hydrogens (primary N) is 1. The Labute approximate surface area is 141 Å². The second kappa shape index (κ2) is 8.18. The van der Waals surface area contributed by atoms with E-state index < -0.39 is 10.0 Å². The standard InChI is InChI=1S/C16H22N4O3S/c1-2-9-20(16(21)11-17)10-8-19-24(22,23)15-5-3-4-13-12-18-7-6-14(13)15/h3-7,12,19H,2,8-11,17H2,1H3. The molecule has 0 spiro atoms. The normalized spacial score (nSPS) is 11.6. The van der Waals surface area contributed by atoms with Gasteiger partial charge in [0.05, 0.1) is 11.4 Å². The first-order valence-electron chi connectivity index (χ1n) is 7.80. The van der Waals surface area contributed by atoms with Crippen molar-refractivity contribution in [2.24, 2.45) is 5.73 Å². The van der Waals surface area contributed by atoms with Gasteiger partial charge in [0.25, 0.3) is 0 Å². The number of aromatic nitrogens is 1. The van der Waals surface area contributed by atoms with Gasteiger partial charge in [0.1, 0.15) is 0 Å². The molecular formula is C16H22N4O3S. The number of sulfonamides is 1. The lowest BCUT2D eigenvalue weighted by Gasteiger charge is -2.21. The van der Waals surface area contributed by atoms with Crippen LogP contribution in [0.3, 0.4) is 0 Å². The second-order valence-electron chi connectivity index (χ2n) is 5.34. The molecule has 3 N–H and O–H groups in total. The minimum atomic E-state index is -3.68. The summed E-state index contributed by atoms with van der Waals surface area (Å²) in [4.78, 5) is 17.5. The molecular weight excluding hydrogens is 328 g/mol. The SMILES string of the molecule is CCCN(CCNS(=O)(=O)c1cccc2cnccc12)C(=O)CN. The fourth-order valence-corrected chi connectivity index (χ4v) is 3.73. The molecule has 8 heteroatoms. The Bertz CT molecular complexity index is 803. The summed E-state index contributed by atoms with van der Waals surface area (Å²) in [5.41, 5.74) is 5.38. The maximum Gasteiger partial charge on any atom is 0.241 e. The second-order valence-corrected chi connectivity index (χ2v) is 7.07. The van der Waals surface area contributed by atoms with Crippen LogP contribution in [-0.2, 0) is 14.8 Å². The average molecular weight is 350 g/mol. The van der Waals surface area contributed by atoms with Gasteiger partial charge < -0.3 is 10.6 Å². The number of pyridine rings is 1. The Morgan fingerprint density at radius 3 is 2.79 bits per heavy atom. The largest absolute Gasteiger partial charge is 0.340 e. The van der Waals surface area contributed by atoms with E-state index in [0.29, 0.717) is 11.9 Å². The lowest BCUT2D eigenvalue weighted by molar-refractivity contribution is -0.129. The van der Waals surface area contributed by atoms with E-state index in [4.69, 9.17) is 5.73 Å². The summed E-state index contributed by atoms with van der Waals surface area (Å²) in [6.45, 7) is 2.84. The molecule has 1 aromatic heterocycles. The van der Waals surface area contributed by atoms with Crippen molar-refractivity contribution in [3.63, 3.8) is 0 Å². The highest BCUT2D eigenvalue weighted by atomic mass is 32.2. The molecule has 1 heterocycles. The molecule has 1 amide bonds. The monoisotopic (exact) mass is 350 g/mol. The molecule has 0 saturated heterocycles. The minimum Gasteiger partial charge on any atom is -0.340 e. The third-order valence-corrected chi connectivity index (χ3v) is 5.14. The third kappa shape index (κ3) is 4.28. The van der Waals surface area contributed by atoms with E-state index in [1.807, 2.05) is 13.0 Å². The topological polar surface area (TPSA) is 105 Å². The first-order chi connectivity index (χ1) is 11.5. The lowest BCUT2D eigenvalue weighted by atomic mass is 10.2. The van der Waals surface area contributed by atoms with Gasteiger partial charge in [0.15, 0.2) is 0 Å². The number of rotatable bonds is 8. The summed E-state index contributed by atoms with van der Waals surface area (Å²) in [6, 6.07) is 6.72. The van der Waals surface area contributed by atoms with Crippen molar-refractivity contribution in [1.82, 2.24) is 14.6 Å². The molecule has 0 atom stereocenters. The van der Waals surface area contributed by atoms with Crippen molar-refractivity contribution in [2.45, 2.75) is 18.2 Å². The van der Waals surface area contributed by atoms with Gasteiger partial charge >= 0.3 is 0 Å². The zero-order chi connectivity index (χ0) is 17.6. The number of amides is 1. The van der Waals surface area contributed by atoms with Crippen LogP contribution in [-0.4, -0.2) is 50.4 Å². The van der Waals surface area contributed by atoms with Crippen LogP contribution in [0.1, 0.15) is 13.3 Å². The smallest absolute Gasteiger partial charge is 0.241 e. The number of carbonyl (C=O) groups excluding carboxylic acids is 1. The fraction of sp³-hybridized carbons (Fsp3) is 0.375. The molecule has 7 nitrogen and oxygen atoms in total. The predicted molar refractivity (Wildman–Crippen MR) is 92.9 cm³/mol. The van der Waals surface area contributed by atoms with E-state index in [1.54, 1.807) is 35.5 Å². The van der Waals surface area contributed by atoms with Crippen molar-refractivity contribution in [3.8, 4) is 0 Å². The summed E-state index contributed by atoms with van der Waals surface area (Å²) in [6.07, 6.45) is 3.97. The van der Waals surface area contributed by atoms with Crippen LogP contribution < -0.4 is 10.5 Å². The van der Waals surface area contributed by atoms with Crippen LogP contribution in [0, 0.1) is 0 Å². The van der Waals surface area contributed by atoms with E-state index in [1.165, 1.54) is 0 Å². The van der Waals surface area contributed by atoms with Gasteiger partial charge in [-0.15, -0.1) is 0 Å². The van der Waals surface area contributed by atoms with Crippen LogP contribution in [0.2, 0.25) is 0 Å². The highest BCUT2D eigenvalue weighted by Crippen LogP contribution is 2.21. The van der Waals surface area contributed by atoms with Crippen molar-refractivity contribution >= 4 is 26.7 Å². The average Bonchev–Trinajstić information content (AvgIpc) is 2.59. The van der Waals surface area contributed by atoms with E-state index in [2.05, 4.69) is 9.71 Å². The van der Waals surface area contributed by atoms with Crippen LogP contribution in [0.15, 0.2) is 41.6 Å². The van der Waals surface area contributed by atoms with Crippen molar-refractivity contribution in [1.29, 1.82) is 0 Å². The molecule has 130 valence electrons. The Balaban J connectivity index is 2.12. The number of hydrogen-bond donors (Lipinski definition) is 2. The van der Waals surface area contributed by atoms with Crippen LogP contribution >= 0.6 is 0 Å². The highest BCUT2D eigenvalue weighted by Gasteiger charge is 2.18. The molecule has 2 aromatic rings. The molecule has 0 fully saturated rings. The molecule has 2 rings (SSSR count). The zero-order valence-corrected chi connectivity index (χ0v) is 14.4. The molecule has 0 bridgehead atoms. The Morgan fingerprint density at radius 2 is 2.08 bits per heavy atom. The maximum atomic E-state index is 12.6. The minimum absolute atomic E-state index is 0.0803. The Morgan fingerprint density at radius 1 is 1.29 bits per heavy atom. The number of carbonyl (C=O) groups is 1. The maximum absolute atomic E-state index is 12.6. The van der Waals surface area contributed by atoms with E-state index in [9.17, 15) is 13.2 Å². The van der Waals surface area contributed by atoms with Crippen molar-refractivity contribution in [3.05, 3.63) is 36.7 Å².